The zero-order chi connectivity index (χ0) is 16.3. The Morgan fingerprint density at radius 1 is 1.48 bits per heavy atom. The second-order valence-corrected chi connectivity index (χ2v) is 6.76. The van der Waals surface area contributed by atoms with E-state index in [0.29, 0.717) is 17.5 Å². The van der Waals surface area contributed by atoms with Crippen LogP contribution in [0.4, 0.5) is 0 Å². The largest absolute Gasteiger partial charge is 0.480 e. The Labute approximate surface area is 124 Å². The van der Waals surface area contributed by atoms with Crippen LogP contribution in [0.25, 0.3) is 0 Å². The van der Waals surface area contributed by atoms with E-state index in [0.717, 1.165) is 0 Å². The van der Waals surface area contributed by atoms with Crippen LogP contribution in [0.3, 0.4) is 0 Å². The van der Waals surface area contributed by atoms with Crippen LogP contribution in [0.1, 0.15) is 37.8 Å². The van der Waals surface area contributed by atoms with E-state index in [1.807, 2.05) is 6.07 Å². The molecule has 0 aliphatic heterocycles. The van der Waals surface area contributed by atoms with Gasteiger partial charge in [0.05, 0.1) is 16.5 Å². The number of sulfonamides is 1. The van der Waals surface area contributed by atoms with Crippen LogP contribution in [-0.4, -0.2) is 25.0 Å². The van der Waals surface area contributed by atoms with Crippen molar-refractivity contribution in [2.75, 3.05) is 0 Å². The van der Waals surface area contributed by atoms with Crippen molar-refractivity contribution >= 4 is 16.0 Å². The number of hydrogen-bond acceptors (Lipinski definition) is 4. The van der Waals surface area contributed by atoms with Crippen molar-refractivity contribution in [3.8, 4) is 6.07 Å². The van der Waals surface area contributed by atoms with Crippen LogP contribution in [-0.2, 0) is 14.8 Å². The van der Waals surface area contributed by atoms with Gasteiger partial charge in [-0.1, -0.05) is 13.3 Å². The van der Waals surface area contributed by atoms with Crippen molar-refractivity contribution in [1.29, 1.82) is 5.26 Å². The molecular formula is C14H18N2O4S. The predicted octanol–water partition coefficient (Wildman–Crippen LogP) is 1.79. The summed E-state index contributed by atoms with van der Waals surface area (Å²) in [6.45, 7) is 4.74. The van der Waals surface area contributed by atoms with Gasteiger partial charge >= 0.3 is 5.97 Å². The maximum absolute atomic E-state index is 12.3. The Morgan fingerprint density at radius 2 is 2.10 bits per heavy atom. The first kappa shape index (κ1) is 17.1. The van der Waals surface area contributed by atoms with Gasteiger partial charge in [-0.05, 0) is 44.0 Å². The number of carbonyl (C=O) groups is 1. The van der Waals surface area contributed by atoms with Crippen molar-refractivity contribution in [2.24, 2.45) is 0 Å². The molecule has 0 fully saturated rings. The highest BCUT2D eigenvalue weighted by atomic mass is 32.2. The zero-order valence-corrected chi connectivity index (χ0v) is 13.0. The summed E-state index contributed by atoms with van der Waals surface area (Å²) >= 11 is 0. The molecule has 1 unspecified atom stereocenters. The Balaban J connectivity index is 3.20. The van der Waals surface area contributed by atoms with E-state index in [1.54, 1.807) is 13.8 Å². The van der Waals surface area contributed by atoms with E-state index in [1.165, 1.54) is 25.1 Å². The number of carboxylic acid groups (broad SMARTS) is 1. The highest BCUT2D eigenvalue weighted by molar-refractivity contribution is 7.89. The first-order chi connectivity index (χ1) is 9.66. The number of rotatable bonds is 6. The number of nitrogens with zero attached hydrogens (tertiary/aromatic N) is 1. The van der Waals surface area contributed by atoms with Gasteiger partial charge in [0.1, 0.15) is 5.54 Å². The second-order valence-electron chi connectivity index (χ2n) is 5.08. The van der Waals surface area contributed by atoms with Crippen molar-refractivity contribution < 1.29 is 18.3 Å². The van der Waals surface area contributed by atoms with Gasteiger partial charge in [-0.25, -0.2) is 8.42 Å². The fraction of sp³-hybridized carbons (Fsp3) is 0.429. The average Bonchev–Trinajstić information content (AvgIpc) is 2.38. The van der Waals surface area contributed by atoms with E-state index >= 15 is 0 Å². The number of carboxylic acids is 1. The molecule has 0 saturated heterocycles. The highest BCUT2D eigenvalue weighted by Gasteiger charge is 2.37. The first-order valence-corrected chi connectivity index (χ1v) is 7.92. The molecular weight excluding hydrogens is 292 g/mol. The lowest BCUT2D eigenvalue weighted by Crippen LogP contribution is -2.51. The summed E-state index contributed by atoms with van der Waals surface area (Å²) in [5.41, 5.74) is -0.661. The van der Waals surface area contributed by atoms with Gasteiger partial charge in [-0.3, -0.25) is 4.79 Å². The Bertz CT molecular complexity index is 691. The van der Waals surface area contributed by atoms with E-state index in [4.69, 9.17) is 5.26 Å². The van der Waals surface area contributed by atoms with Gasteiger partial charge in [0, 0.05) is 0 Å². The topological polar surface area (TPSA) is 107 Å². The van der Waals surface area contributed by atoms with Crippen molar-refractivity contribution in [3.05, 3.63) is 29.3 Å². The third-order valence-corrected chi connectivity index (χ3v) is 4.80. The molecule has 6 nitrogen and oxygen atoms in total. The van der Waals surface area contributed by atoms with Crippen LogP contribution in [0.2, 0.25) is 0 Å². The van der Waals surface area contributed by atoms with Gasteiger partial charge in [0.15, 0.2) is 0 Å². The summed E-state index contributed by atoms with van der Waals surface area (Å²) in [5, 5.41) is 18.1. The van der Waals surface area contributed by atoms with Gasteiger partial charge in [0.25, 0.3) is 0 Å². The molecule has 0 saturated carbocycles. The smallest absolute Gasteiger partial charge is 0.324 e. The third kappa shape index (κ3) is 3.80. The summed E-state index contributed by atoms with van der Waals surface area (Å²) in [7, 11) is -3.97. The summed E-state index contributed by atoms with van der Waals surface area (Å²) in [4.78, 5) is 11.3. The summed E-state index contributed by atoms with van der Waals surface area (Å²) in [6, 6.07) is 6.01. The molecule has 2 N–H and O–H groups in total. The van der Waals surface area contributed by atoms with E-state index in [2.05, 4.69) is 4.72 Å². The van der Waals surface area contributed by atoms with Crippen LogP contribution in [0.15, 0.2) is 23.1 Å². The molecule has 0 bridgehead atoms. The number of aliphatic carboxylic acids is 1. The van der Waals surface area contributed by atoms with Crippen LogP contribution < -0.4 is 4.72 Å². The lowest BCUT2D eigenvalue weighted by Gasteiger charge is -2.25. The average molecular weight is 310 g/mol. The Hall–Kier alpha value is -1.91. The molecule has 1 atom stereocenters. The standard InChI is InChI=1S/C14H18N2O4S/c1-4-7-14(3,13(17)18)16-21(19,20)12-6-5-11(9-15)10(2)8-12/h5-6,8,16H,4,7H2,1-3H3,(H,17,18). The van der Waals surface area contributed by atoms with Crippen LogP contribution in [0.5, 0.6) is 0 Å². The normalized spacial score (nSPS) is 14.2. The SMILES string of the molecule is CCCC(C)(NS(=O)(=O)c1ccc(C#N)c(C)c1)C(=O)O. The molecule has 0 aromatic heterocycles. The van der Waals surface area contributed by atoms with E-state index in [9.17, 15) is 18.3 Å². The van der Waals surface area contributed by atoms with E-state index in [-0.39, 0.29) is 11.3 Å². The molecule has 114 valence electrons. The molecule has 1 aromatic carbocycles. The third-order valence-electron chi connectivity index (χ3n) is 3.21. The number of benzene rings is 1. The number of nitriles is 1. The predicted molar refractivity (Wildman–Crippen MR) is 77.2 cm³/mol. The fourth-order valence-electron chi connectivity index (χ4n) is 1.99. The minimum Gasteiger partial charge on any atom is -0.480 e. The maximum atomic E-state index is 12.3. The fourth-order valence-corrected chi connectivity index (χ4v) is 3.47. The minimum atomic E-state index is -3.97. The number of nitrogens with one attached hydrogen (secondary N) is 1. The lowest BCUT2D eigenvalue weighted by atomic mass is 9.98. The number of aryl methyl sites for hydroxylation is 1. The van der Waals surface area contributed by atoms with Gasteiger partial charge in [-0.2, -0.15) is 9.98 Å². The monoisotopic (exact) mass is 310 g/mol. The van der Waals surface area contributed by atoms with Gasteiger partial charge in [0.2, 0.25) is 10.0 Å². The molecule has 0 aliphatic carbocycles. The molecule has 0 aliphatic rings. The molecule has 1 rings (SSSR count). The van der Waals surface area contributed by atoms with Crippen molar-refractivity contribution in [1.82, 2.24) is 4.72 Å². The van der Waals surface area contributed by atoms with Crippen molar-refractivity contribution in [2.45, 2.75) is 44.0 Å². The van der Waals surface area contributed by atoms with Gasteiger partial charge < -0.3 is 5.11 Å². The molecule has 0 heterocycles. The van der Waals surface area contributed by atoms with Crippen LogP contribution in [0, 0.1) is 18.3 Å². The van der Waals surface area contributed by atoms with Crippen molar-refractivity contribution in [3.63, 3.8) is 0 Å². The Kier molecular flexibility index (Phi) is 5.10. The summed E-state index contributed by atoms with van der Waals surface area (Å²) in [6.07, 6.45) is 0.703. The zero-order valence-electron chi connectivity index (χ0n) is 12.2. The highest BCUT2D eigenvalue weighted by Crippen LogP contribution is 2.20. The lowest BCUT2D eigenvalue weighted by molar-refractivity contribution is -0.143. The summed E-state index contributed by atoms with van der Waals surface area (Å²) < 4.78 is 26.9. The van der Waals surface area contributed by atoms with Crippen LogP contribution >= 0.6 is 0 Å². The number of hydrogen-bond donors (Lipinski definition) is 2. The molecule has 7 heteroatoms. The Morgan fingerprint density at radius 3 is 2.52 bits per heavy atom. The molecule has 0 spiro atoms. The summed E-state index contributed by atoms with van der Waals surface area (Å²) in [5.74, 6) is -1.22. The second kappa shape index (κ2) is 6.24. The quantitative estimate of drug-likeness (QED) is 0.833. The molecule has 0 radical (unpaired) electrons. The molecule has 0 amide bonds. The first-order valence-electron chi connectivity index (χ1n) is 6.44. The van der Waals surface area contributed by atoms with E-state index < -0.39 is 21.5 Å². The minimum absolute atomic E-state index is 0.0532. The molecule has 1 aromatic rings. The maximum Gasteiger partial charge on any atom is 0.324 e. The molecule has 21 heavy (non-hydrogen) atoms. The van der Waals surface area contributed by atoms with Gasteiger partial charge in [-0.15, -0.1) is 0 Å².